The first-order chi connectivity index (χ1) is 5.74. The summed E-state index contributed by atoms with van der Waals surface area (Å²) in [6, 6.07) is 0.949. The second kappa shape index (κ2) is 6.40. The summed E-state index contributed by atoms with van der Waals surface area (Å²) < 4.78 is 11.3. The summed E-state index contributed by atoms with van der Waals surface area (Å²) in [5.41, 5.74) is 1.88. The lowest BCUT2D eigenvalue weighted by atomic mass is 10.5. The van der Waals surface area contributed by atoms with Crippen molar-refractivity contribution in [3.63, 3.8) is 0 Å². The zero-order valence-electron chi connectivity index (χ0n) is 8.43. The van der Waals surface area contributed by atoms with Gasteiger partial charge in [0.1, 0.15) is 0 Å². The van der Waals surface area contributed by atoms with Crippen molar-refractivity contribution in [1.82, 2.24) is 0 Å². The molecule has 0 saturated heterocycles. The first-order valence-corrected chi connectivity index (χ1v) is 6.76. The molecule has 0 N–H and O–H groups in total. The molecule has 0 aromatic carbocycles. The molecule has 0 spiro atoms. The van der Waals surface area contributed by atoms with Crippen molar-refractivity contribution in [2.45, 2.75) is 33.2 Å². The van der Waals surface area contributed by atoms with Crippen LogP contribution in [0.15, 0.2) is 12.3 Å². The molecular weight excluding hydrogens is 168 g/mol. The van der Waals surface area contributed by atoms with Crippen LogP contribution in [0.3, 0.4) is 0 Å². The molecule has 1 unspecified atom stereocenters. The summed E-state index contributed by atoms with van der Waals surface area (Å²) in [6.45, 7) is 11.5. The molecule has 0 aliphatic heterocycles. The van der Waals surface area contributed by atoms with Crippen molar-refractivity contribution >= 4 is 8.56 Å². The lowest BCUT2D eigenvalue weighted by Crippen LogP contribution is -2.39. The van der Waals surface area contributed by atoms with Crippen molar-refractivity contribution in [2.75, 3.05) is 13.2 Å². The lowest BCUT2D eigenvalue weighted by Gasteiger charge is -2.25. The van der Waals surface area contributed by atoms with Crippen LogP contribution in [0.5, 0.6) is 0 Å². The van der Waals surface area contributed by atoms with Gasteiger partial charge in [-0.15, -0.1) is 6.58 Å². The van der Waals surface area contributed by atoms with Gasteiger partial charge in [-0.3, -0.25) is 0 Å². The molecule has 0 saturated carbocycles. The monoisotopic (exact) mass is 188 g/mol. The Morgan fingerprint density at radius 1 is 1.25 bits per heavy atom. The molecule has 3 heteroatoms. The molecule has 1 atom stereocenters. The van der Waals surface area contributed by atoms with E-state index < -0.39 is 8.56 Å². The quantitative estimate of drug-likeness (QED) is 0.572. The third kappa shape index (κ3) is 3.52. The Balaban J connectivity index is 4.04. The van der Waals surface area contributed by atoms with Gasteiger partial charge in [-0.25, -0.2) is 0 Å². The Morgan fingerprint density at radius 2 is 1.92 bits per heavy atom. The van der Waals surface area contributed by atoms with Gasteiger partial charge >= 0.3 is 8.56 Å². The third-order valence-corrected chi connectivity index (χ3v) is 4.82. The summed E-state index contributed by atoms with van der Waals surface area (Å²) in [7, 11) is -2.00. The first-order valence-electron chi connectivity index (χ1n) is 4.66. The van der Waals surface area contributed by atoms with E-state index in [-0.39, 0.29) is 0 Å². The van der Waals surface area contributed by atoms with Crippen molar-refractivity contribution < 1.29 is 8.85 Å². The summed E-state index contributed by atoms with van der Waals surface area (Å²) in [5.74, 6) is 0. The average molecular weight is 188 g/mol. The van der Waals surface area contributed by atoms with Gasteiger partial charge in [-0.2, -0.15) is 0 Å². The van der Waals surface area contributed by atoms with E-state index in [1.165, 1.54) is 0 Å². The molecule has 72 valence electrons. The second-order valence-electron chi connectivity index (χ2n) is 2.65. The minimum absolute atomic E-state index is 0.718. The zero-order valence-corrected chi connectivity index (χ0v) is 9.43. The van der Waals surface area contributed by atoms with Crippen LogP contribution in [0.2, 0.25) is 6.04 Å². The van der Waals surface area contributed by atoms with Crippen molar-refractivity contribution in [1.29, 1.82) is 0 Å². The van der Waals surface area contributed by atoms with Crippen LogP contribution in [0.1, 0.15) is 27.2 Å². The topological polar surface area (TPSA) is 18.5 Å². The predicted octanol–water partition coefficient (Wildman–Crippen LogP) is 2.64. The van der Waals surface area contributed by atoms with Gasteiger partial charge in [0.25, 0.3) is 0 Å². The van der Waals surface area contributed by atoms with Crippen molar-refractivity contribution in [2.24, 2.45) is 0 Å². The number of hydrogen-bond donors (Lipinski definition) is 0. The third-order valence-electron chi connectivity index (χ3n) is 1.74. The largest absolute Gasteiger partial charge is 0.392 e. The van der Waals surface area contributed by atoms with Crippen LogP contribution >= 0.6 is 0 Å². The average Bonchev–Trinajstić information content (AvgIpc) is 2.13. The van der Waals surface area contributed by atoms with E-state index >= 15 is 0 Å². The second-order valence-corrected chi connectivity index (χ2v) is 5.97. The molecule has 0 aromatic heterocycles. The molecule has 0 aromatic rings. The summed E-state index contributed by atoms with van der Waals surface area (Å²) in [5, 5.41) is 0. The van der Waals surface area contributed by atoms with E-state index in [9.17, 15) is 0 Å². The van der Waals surface area contributed by atoms with Crippen molar-refractivity contribution in [3.8, 4) is 0 Å². The highest BCUT2D eigenvalue weighted by Gasteiger charge is 2.30. The van der Waals surface area contributed by atoms with Crippen LogP contribution in [-0.2, 0) is 8.85 Å². The van der Waals surface area contributed by atoms with E-state index in [0.29, 0.717) is 0 Å². The Morgan fingerprint density at radius 3 is 2.25 bits per heavy atom. The summed E-state index contributed by atoms with van der Waals surface area (Å²) >= 11 is 0. The smallest absolute Gasteiger partial charge is 0.364 e. The fourth-order valence-electron chi connectivity index (χ4n) is 1.03. The number of hydrogen-bond acceptors (Lipinski definition) is 2. The van der Waals surface area contributed by atoms with Crippen LogP contribution < -0.4 is 0 Å². The van der Waals surface area contributed by atoms with Gasteiger partial charge in [0, 0.05) is 13.2 Å². The summed E-state index contributed by atoms with van der Waals surface area (Å²) in [4.78, 5) is 0. The molecule has 2 nitrogen and oxygen atoms in total. The highest BCUT2D eigenvalue weighted by molar-refractivity contribution is 6.72. The van der Waals surface area contributed by atoms with Crippen molar-refractivity contribution in [3.05, 3.63) is 12.3 Å². The lowest BCUT2D eigenvalue weighted by molar-refractivity contribution is 0.187. The molecular formula is C9H20O2Si. The minimum Gasteiger partial charge on any atom is -0.392 e. The van der Waals surface area contributed by atoms with Crippen LogP contribution in [0.25, 0.3) is 0 Å². The summed E-state index contributed by atoms with van der Waals surface area (Å²) in [6.07, 6.45) is 1.04. The molecule has 0 rings (SSSR count). The SMILES string of the molecule is C=C[Si](CC)(OCC)OCCC. The highest BCUT2D eigenvalue weighted by atomic mass is 28.4. The molecule has 0 aliphatic carbocycles. The van der Waals surface area contributed by atoms with E-state index in [0.717, 1.165) is 25.7 Å². The van der Waals surface area contributed by atoms with E-state index in [1.807, 2.05) is 12.6 Å². The predicted molar refractivity (Wildman–Crippen MR) is 54.3 cm³/mol. The highest BCUT2D eigenvalue weighted by Crippen LogP contribution is 2.14. The van der Waals surface area contributed by atoms with E-state index in [4.69, 9.17) is 8.85 Å². The maximum absolute atomic E-state index is 5.72. The van der Waals surface area contributed by atoms with Gasteiger partial charge in [0.2, 0.25) is 0 Å². The fraction of sp³-hybridized carbons (Fsp3) is 0.778. The van der Waals surface area contributed by atoms with Crippen LogP contribution in [-0.4, -0.2) is 21.8 Å². The Labute approximate surface area is 76.8 Å². The normalized spacial score (nSPS) is 15.6. The van der Waals surface area contributed by atoms with Gasteiger partial charge in [0.05, 0.1) is 0 Å². The van der Waals surface area contributed by atoms with Gasteiger partial charge in [-0.1, -0.05) is 13.8 Å². The fourth-order valence-corrected chi connectivity index (χ4v) is 3.08. The molecule has 0 radical (unpaired) electrons. The Hall–Kier alpha value is -0.123. The zero-order chi connectivity index (χ0) is 9.45. The van der Waals surface area contributed by atoms with Gasteiger partial charge in [0.15, 0.2) is 0 Å². The van der Waals surface area contributed by atoms with E-state index in [1.54, 1.807) is 0 Å². The standard InChI is InChI=1S/C9H20O2Si/c1-5-9-11-12(7-3,8-4)10-6-2/h7H,3,5-6,8-9H2,1-2,4H3. The van der Waals surface area contributed by atoms with Gasteiger partial charge in [-0.05, 0) is 25.1 Å². The molecule has 0 bridgehead atoms. The molecule has 0 fully saturated rings. The Kier molecular flexibility index (Phi) is 6.33. The molecule has 0 heterocycles. The van der Waals surface area contributed by atoms with Gasteiger partial charge < -0.3 is 8.85 Å². The molecule has 0 aliphatic rings. The number of rotatable bonds is 7. The molecule has 12 heavy (non-hydrogen) atoms. The minimum atomic E-state index is -2.00. The maximum atomic E-state index is 5.72. The first kappa shape index (κ1) is 11.9. The Bertz CT molecular complexity index is 128. The van der Waals surface area contributed by atoms with E-state index in [2.05, 4.69) is 20.4 Å². The van der Waals surface area contributed by atoms with Crippen LogP contribution in [0.4, 0.5) is 0 Å². The molecule has 0 amide bonds. The maximum Gasteiger partial charge on any atom is 0.364 e. The van der Waals surface area contributed by atoms with Crippen LogP contribution in [0, 0.1) is 0 Å².